The molecule has 9 aromatic rings. The van der Waals surface area contributed by atoms with Crippen molar-refractivity contribution in [2.75, 3.05) is 108 Å². The first kappa shape index (κ1) is 109. The highest BCUT2D eigenvalue weighted by molar-refractivity contribution is 6.31. The van der Waals surface area contributed by atoms with E-state index in [4.69, 9.17) is 73.2 Å². The summed E-state index contributed by atoms with van der Waals surface area (Å²) in [5.41, 5.74) is 14.7. The van der Waals surface area contributed by atoms with Crippen molar-refractivity contribution in [2.45, 2.75) is 182 Å². The van der Waals surface area contributed by atoms with Crippen LogP contribution in [-0.4, -0.2) is 299 Å². The summed E-state index contributed by atoms with van der Waals surface area (Å²) in [6.07, 6.45) is -18.4. The Kier molecular flexibility index (Phi) is 37.4. The smallest absolute Gasteiger partial charge is 0.186 e. The van der Waals surface area contributed by atoms with Crippen molar-refractivity contribution in [3.63, 3.8) is 0 Å². The van der Waals surface area contributed by atoms with Gasteiger partial charge in [0.25, 0.3) is 0 Å². The van der Waals surface area contributed by atoms with E-state index < -0.39 is 122 Å². The summed E-state index contributed by atoms with van der Waals surface area (Å²) in [5, 5.41) is 172. The Hall–Kier alpha value is -9.17. The lowest BCUT2D eigenvalue weighted by atomic mass is 9.66. The first-order valence-electron chi connectivity index (χ1n) is 47.6. The molecule has 30 nitrogen and oxygen atoms in total. The van der Waals surface area contributed by atoms with Gasteiger partial charge in [0.2, 0.25) is 0 Å². The molecule has 28 atom stereocenters. The Morgan fingerprint density at radius 3 is 0.979 bits per heavy atom. The molecule has 17 rings (SSSR count). The van der Waals surface area contributed by atoms with Crippen LogP contribution < -0.4 is 23.7 Å². The van der Waals surface area contributed by atoms with Gasteiger partial charge >= 0.3 is 0 Å². The average Bonchev–Trinajstić information content (AvgIpc) is 0.767. The number of halogens is 5. The molecule has 8 aliphatic rings. The molecule has 4 saturated heterocycles. The fourth-order valence-corrected chi connectivity index (χ4v) is 21.1. The van der Waals surface area contributed by atoms with Crippen molar-refractivity contribution in [3.8, 4) is 45.6 Å². The average molecular weight is 2010 g/mol. The number of aromatic hydroxyl groups is 1. The van der Waals surface area contributed by atoms with Crippen LogP contribution in [0.1, 0.15) is 115 Å². The van der Waals surface area contributed by atoms with E-state index in [1.807, 2.05) is 87.5 Å². The zero-order chi connectivity index (χ0) is 102. The van der Waals surface area contributed by atoms with E-state index >= 15 is 0 Å². The number of aliphatic hydroxyl groups is 16. The highest BCUT2D eigenvalue weighted by Gasteiger charge is 2.49. The molecule has 0 amide bonds. The van der Waals surface area contributed by atoms with E-state index in [2.05, 4.69) is 18.2 Å². The summed E-state index contributed by atoms with van der Waals surface area (Å²) in [6, 6.07) is 48.4. The zero-order valence-electron chi connectivity index (χ0n) is 79.9. The molecule has 4 unspecified atom stereocenters. The van der Waals surface area contributed by atoms with Crippen LogP contribution in [0.3, 0.4) is 0 Å². The predicted octanol–water partition coefficient (Wildman–Crippen LogP) is 8.24. The number of ether oxygens (including phenoxy) is 13. The first-order valence-corrected chi connectivity index (χ1v) is 48.0. The van der Waals surface area contributed by atoms with Crippen molar-refractivity contribution < 1.29 is 166 Å². The Morgan fingerprint density at radius 2 is 0.648 bits per heavy atom. The summed E-state index contributed by atoms with van der Waals surface area (Å²) in [7, 11) is 5.61. The van der Waals surface area contributed by atoms with Crippen LogP contribution in [0.25, 0.3) is 11.1 Å². The zero-order valence-corrected chi connectivity index (χ0v) is 80.7. The van der Waals surface area contributed by atoms with E-state index in [0.29, 0.717) is 42.0 Å². The normalized spacial score (nSPS) is 30.4. The number of phenolic OH excluding ortho intramolecular Hbond substituents is 1. The molecular formula is C107H129ClF4O30. The molecule has 0 spiro atoms. The summed E-state index contributed by atoms with van der Waals surface area (Å²) >= 11 is 6.48. The van der Waals surface area contributed by atoms with E-state index in [1.165, 1.54) is 52.7 Å². The quantitative estimate of drug-likeness (QED) is 0.0215. The minimum atomic E-state index is -1.43. The largest absolute Gasteiger partial charge is 0.508 e. The highest BCUT2D eigenvalue weighted by Crippen LogP contribution is 2.53. The van der Waals surface area contributed by atoms with Gasteiger partial charge in [-0.15, -0.1) is 0 Å². The van der Waals surface area contributed by atoms with Gasteiger partial charge in [-0.05, 0) is 263 Å². The maximum atomic E-state index is 14.4. The lowest BCUT2D eigenvalue weighted by molar-refractivity contribution is -0.274. The first-order chi connectivity index (χ1) is 68.1. The van der Waals surface area contributed by atoms with Gasteiger partial charge in [-0.25, -0.2) is 17.6 Å². The van der Waals surface area contributed by atoms with Crippen molar-refractivity contribution in [1.82, 2.24) is 0 Å². The number of hydrogen-bond donors (Lipinski definition) is 17. The molecule has 772 valence electrons. The number of hydrogen-bond acceptors (Lipinski definition) is 30. The molecule has 0 radical (unpaired) electrons. The molecule has 0 bridgehead atoms. The number of fused-ring (bicyclic) bond motifs is 4. The van der Waals surface area contributed by atoms with Gasteiger partial charge in [0.1, 0.15) is 84.7 Å². The van der Waals surface area contributed by atoms with E-state index in [0.717, 1.165) is 83.5 Å². The molecule has 35 heteroatoms. The van der Waals surface area contributed by atoms with E-state index in [1.54, 1.807) is 61.5 Å². The van der Waals surface area contributed by atoms with Gasteiger partial charge in [0.05, 0.1) is 87.4 Å². The molecule has 0 aromatic heterocycles. The minimum absolute atomic E-state index is 0.0213. The topological polar surface area (TPSA) is 464 Å². The van der Waals surface area contributed by atoms with Crippen LogP contribution in [0, 0.1) is 84.5 Å². The van der Waals surface area contributed by atoms with Gasteiger partial charge in [-0.2, -0.15) is 0 Å². The molecule has 9 aromatic carbocycles. The number of aliphatic hydroxyl groups excluding tert-OH is 16. The predicted molar refractivity (Wildman–Crippen MR) is 508 cm³/mol. The van der Waals surface area contributed by atoms with Crippen molar-refractivity contribution in [3.05, 3.63) is 270 Å². The van der Waals surface area contributed by atoms with Crippen molar-refractivity contribution in [1.29, 1.82) is 0 Å². The van der Waals surface area contributed by atoms with Crippen LogP contribution in [-0.2, 0) is 63.6 Å². The number of methoxy groups -OCH3 is 4. The summed E-state index contributed by atoms with van der Waals surface area (Å²) < 4.78 is 129. The second-order valence-corrected chi connectivity index (χ2v) is 38.4. The summed E-state index contributed by atoms with van der Waals surface area (Å²) in [4.78, 5) is 0. The van der Waals surface area contributed by atoms with Crippen LogP contribution in [0.5, 0.6) is 34.5 Å². The molecule has 4 heterocycles. The lowest BCUT2D eigenvalue weighted by Gasteiger charge is -2.41. The third kappa shape index (κ3) is 24.4. The van der Waals surface area contributed by atoms with Gasteiger partial charge in [-0.3, -0.25) is 0 Å². The van der Waals surface area contributed by atoms with Gasteiger partial charge < -0.3 is 148 Å². The Balaban J connectivity index is 0.000000151. The molecule has 4 aliphatic carbocycles. The molecule has 4 fully saturated rings. The Morgan fingerprint density at radius 1 is 0.338 bits per heavy atom. The monoisotopic (exact) mass is 2000 g/mol. The number of phenols is 1. The van der Waals surface area contributed by atoms with Crippen molar-refractivity contribution in [2.24, 2.45) is 47.3 Å². The second-order valence-electron chi connectivity index (χ2n) is 38.0. The standard InChI is InChI=1S/C30H33FO7.C27H35FO8.C25H30ClFO7.C25H31FO8/c1-36-26-13-20(9-10-24(26)31)27-22-12-18(17-5-3-2-4-6-17)7-8-19(22)11-21(14-32)23(27)15-37-30-29(35)28(34)25(33)16-38-30;1-14(2)36-18-6-4-15-8-17(11-29)20(12-34-27-26(32)25(31)22(30)13-35-27)24(19(15)10-18)16-5-7-21(28)23(9-16)33-3;1-12-5-14-6-15(9-28)17(10-33-25-24(31)23(30)20(29)11-34-25)22(16(14)8-18(12)26)13-3-4-19(27)21(7-13)32-2;1-12-5-16-14(7-19(12)28)6-15(9-27)17(10-33-25-24(31)23(30)20(29)11-34-25)22(16)13-3-4-18(26)21(8-13)32-2/h2-10,12-13,21,23,25,27-30,32-35H,11,14-16H2,1H3;4-7,9-10,14,17,20,22,24-27,29-32H,8,11-13H2,1-3H3;3-5,7-8,15,17,20,22-25,28-31H,6,9-11H2,1-2H3;3-5,7-8,15,17,20,22-25,27-31H,6,9-11H2,1-2H3/t21-,23-,25-,27?,28+,29-,30-;17-,20-,22-,24?,25+,26-,27-;2*15-,17-,20-,22?,23+,24-,25-/m1111/s1. The van der Waals surface area contributed by atoms with Gasteiger partial charge in [-0.1, -0.05) is 103 Å². The summed E-state index contributed by atoms with van der Waals surface area (Å²) in [5.74, 6) is -3.93. The minimum Gasteiger partial charge on any atom is -0.508 e. The summed E-state index contributed by atoms with van der Waals surface area (Å²) in [6.45, 7) is 6.73. The fraction of sp³-hybridized carbons (Fsp3) is 0.495. The highest BCUT2D eigenvalue weighted by atomic mass is 35.5. The SMILES string of the molecule is COc1cc(C2c3cc(-c4ccccc4)ccc3C[C@H](CO)[C@H]2CO[C@@H]2OC[C@@H](O)[C@H](O)[C@H]2O)ccc1F.COc1cc(C2c3cc(C)c(O)cc3C[C@H](CO)[C@H]2CO[C@@H]2OC[C@@H](O)[C@H](O)[C@H]2O)ccc1F.COc1cc(C2c3cc(Cl)c(C)cc3C[C@H](CO)[C@H]2CO[C@@H]2OC[C@@H](O)[C@H](O)[C@H]2O)ccc1F.COc1cc(C2c3cc(OC(C)C)ccc3C[C@H](CO)[C@H]2CO[C@@H]2OC[C@@H](O)[C@H](O)[C@H]2O)ccc1F. The molecule has 17 N–H and O–H groups in total. The van der Waals surface area contributed by atoms with Crippen LogP contribution in [0.15, 0.2) is 164 Å². The molecule has 142 heavy (non-hydrogen) atoms. The Bertz CT molecular complexity index is 5490. The maximum absolute atomic E-state index is 14.4. The Labute approximate surface area is 825 Å². The van der Waals surface area contributed by atoms with E-state index in [-0.39, 0.29) is 185 Å². The van der Waals surface area contributed by atoms with Gasteiger partial charge in [0, 0.05) is 55.1 Å². The second kappa shape index (κ2) is 48.9. The lowest BCUT2D eigenvalue weighted by Crippen LogP contribution is -2.54. The molecule has 0 saturated carbocycles. The number of aryl methyl sites for hydroxylation is 2. The fourth-order valence-electron chi connectivity index (χ4n) is 20.9. The van der Waals surface area contributed by atoms with Crippen LogP contribution in [0.2, 0.25) is 5.02 Å². The van der Waals surface area contributed by atoms with Crippen molar-refractivity contribution >= 4 is 11.6 Å². The third-order valence-electron chi connectivity index (χ3n) is 28.7. The number of benzene rings is 9. The number of rotatable bonds is 27. The molecule has 4 aliphatic heterocycles. The third-order valence-corrected chi connectivity index (χ3v) is 29.1. The van der Waals surface area contributed by atoms with Gasteiger partial charge in [0.15, 0.2) is 71.4 Å². The van der Waals surface area contributed by atoms with Crippen LogP contribution >= 0.6 is 11.6 Å². The molecular weight excluding hydrogens is 1880 g/mol. The van der Waals surface area contributed by atoms with Crippen LogP contribution in [0.4, 0.5) is 17.6 Å². The van der Waals surface area contributed by atoms with E-state index in [9.17, 15) is 104 Å². The maximum Gasteiger partial charge on any atom is 0.186 e.